The van der Waals surface area contributed by atoms with Crippen LogP contribution in [0.5, 0.6) is 0 Å². The molecule has 2 aliphatic carbocycles. The van der Waals surface area contributed by atoms with Gasteiger partial charge in [0.05, 0.1) is 0 Å². The Balaban J connectivity index is 0.00000162. The van der Waals surface area contributed by atoms with Crippen molar-refractivity contribution in [1.29, 1.82) is 0 Å². The van der Waals surface area contributed by atoms with Crippen LogP contribution in [0.15, 0.2) is 78.1 Å². The molecule has 4 heteroatoms. The standard InChI is InChI=1S/C17H24P.C13H9.2ClH.Zr/c1-13(2)11-18(12-14(3)4)17-9-15-7-5-6-8-16(15)10-17;1-3-7-12-10(5-1)9-11-6-2-4-8-13(11)12;;;/h5-10,13-14H,11-12H2,1-4H3;1-9H;2*1H;/q;;;;+2/p-2. The van der Waals surface area contributed by atoms with Gasteiger partial charge in [0.2, 0.25) is 0 Å². The van der Waals surface area contributed by atoms with Gasteiger partial charge in [-0.15, -0.1) is 0 Å². The molecule has 0 aromatic heterocycles. The van der Waals surface area contributed by atoms with Crippen molar-refractivity contribution in [3.8, 4) is 11.1 Å². The molecule has 0 radical (unpaired) electrons. The van der Waals surface area contributed by atoms with Crippen LogP contribution in [0.3, 0.4) is 0 Å². The molecule has 0 aliphatic heterocycles. The van der Waals surface area contributed by atoms with E-state index in [1.165, 1.54) is 29.0 Å². The summed E-state index contributed by atoms with van der Waals surface area (Å²) in [5.74, 6) is 1.53. The van der Waals surface area contributed by atoms with Crippen molar-refractivity contribution in [2.45, 2.75) is 34.9 Å². The maximum atomic E-state index is 2.63. The van der Waals surface area contributed by atoms with Crippen molar-refractivity contribution < 1.29 is 48.0 Å². The minimum Gasteiger partial charge on any atom is -1.00 e. The van der Waals surface area contributed by atoms with E-state index in [1.807, 2.05) is 5.31 Å². The Morgan fingerprint density at radius 1 is 0.647 bits per heavy atom. The summed E-state index contributed by atoms with van der Waals surface area (Å²) in [6, 6.07) is 27.7. The molecule has 0 nitrogen and oxygen atoms in total. The fraction of sp³-hybridized carbons (Fsp3) is 0.333. The second kappa shape index (κ2) is 12.0. The van der Waals surface area contributed by atoms with Crippen molar-refractivity contribution in [1.82, 2.24) is 0 Å². The Kier molecular flexibility index (Phi) is 9.85. The number of allylic oxidation sites excluding steroid dienone is 1. The maximum Gasteiger partial charge on any atom is -1.00 e. The number of fused-ring (bicyclic) bond motifs is 4. The van der Waals surface area contributed by atoms with E-state index in [4.69, 9.17) is 0 Å². The van der Waals surface area contributed by atoms with Crippen LogP contribution in [0, 0.1) is 11.8 Å². The fourth-order valence-electron chi connectivity index (χ4n) is 5.42. The van der Waals surface area contributed by atoms with Gasteiger partial charge >= 0.3 is 208 Å². The van der Waals surface area contributed by atoms with E-state index >= 15 is 0 Å². The number of hydrogen-bond donors (Lipinski definition) is 0. The summed E-state index contributed by atoms with van der Waals surface area (Å²) < 4.78 is 1.36. The molecule has 3 aromatic carbocycles. The van der Waals surface area contributed by atoms with Crippen molar-refractivity contribution in [3.63, 3.8) is 0 Å². The molecule has 0 N–H and O–H groups in total. The van der Waals surface area contributed by atoms with E-state index < -0.39 is 23.2 Å². The van der Waals surface area contributed by atoms with Crippen LogP contribution in [-0.4, -0.2) is 12.3 Å². The minimum atomic E-state index is -0.843. The molecular weight excluding hydrogens is 553 g/mol. The Hall–Kier alpha value is -0.707. The quantitative estimate of drug-likeness (QED) is 0.374. The molecule has 176 valence electrons. The van der Waals surface area contributed by atoms with Gasteiger partial charge < -0.3 is 24.8 Å². The predicted octanol–water partition coefficient (Wildman–Crippen LogP) is 2.74. The average molecular weight is 587 g/mol. The van der Waals surface area contributed by atoms with Crippen molar-refractivity contribution >= 4 is 14.0 Å². The summed E-state index contributed by atoms with van der Waals surface area (Å²) in [5.41, 5.74) is 9.31. The third kappa shape index (κ3) is 5.49. The molecule has 0 saturated heterocycles. The third-order valence-electron chi connectivity index (χ3n) is 6.61. The summed E-state index contributed by atoms with van der Waals surface area (Å²) in [6.07, 6.45) is 5.38. The summed E-state index contributed by atoms with van der Waals surface area (Å²) in [7, 11) is -0.0775. The molecule has 34 heavy (non-hydrogen) atoms. The summed E-state index contributed by atoms with van der Waals surface area (Å²) >= 11 is -0.843. The predicted molar refractivity (Wildman–Crippen MR) is 137 cm³/mol. The molecule has 3 aromatic rings. The molecule has 5 rings (SSSR count). The van der Waals surface area contributed by atoms with E-state index in [1.54, 1.807) is 16.7 Å². The molecule has 1 atom stereocenters. The second-order valence-electron chi connectivity index (χ2n) is 10.1. The van der Waals surface area contributed by atoms with E-state index in [-0.39, 0.29) is 32.7 Å². The SMILES string of the molecule is CC(C)CP(CC(C)C)C1=Cc2ccccc2[CH]1[Zr+2][CH]1c2ccccc2-c2ccccc21.[Cl-].[Cl-]. The monoisotopic (exact) mass is 584 g/mol. The van der Waals surface area contributed by atoms with Gasteiger partial charge in [-0.1, -0.05) is 0 Å². The molecule has 0 heterocycles. The zero-order valence-corrected chi connectivity index (χ0v) is 25.3. The van der Waals surface area contributed by atoms with E-state index in [9.17, 15) is 0 Å². The number of benzene rings is 3. The molecule has 0 fully saturated rings. The average Bonchev–Trinajstić information content (AvgIpc) is 3.30. The number of rotatable bonds is 7. The first-order valence-corrected chi connectivity index (χ1v) is 16.6. The summed E-state index contributed by atoms with van der Waals surface area (Å²) in [6.45, 7) is 9.65. The Morgan fingerprint density at radius 3 is 1.65 bits per heavy atom. The topological polar surface area (TPSA) is 0 Å². The van der Waals surface area contributed by atoms with Gasteiger partial charge in [-0.3, -0.25) is 0 Å². The van der Waals surface area contributed by atoms with Crippen LogP contribution >= 0.6 is 7.92 Å². The zero-order valence-electron chi connectivity index (χ0n) is 20.4. The Labute approximate surface area is 231 Å². The fourth-order valence-corrected chi connectivity index (χ4v) is 15.0. The van der Waals surface area contributed by atoms with Crippen molar-refractivity contribution in [2.75, 3.05) is 12.3 Å². The first-order chi connectivity index (χ1) is 15.5. The minimum absolute atomic E-state index is 0. The molecular formula is C30H33Cl2PZr. The van der Waals surface area contributed by atoms with Gasteiger partial charge in [0.25, 0.3) is 0 Å². The third-order valence-corrected chi connectivity index (χ3v) is 15.4. The second-order valence-corrected chi connectivity index (χ2v) is 16.1. The molecule has 1 unspecified atom stereocenters. The van der Waals surface area contributed by atoms with Crippen LogP contribution in [0.2, 0.25) is 0 Å². The smallest absolute Gasteiger partial charge is 1.00 e. The van der Waals surface area contributed by atoms with Gasteiger partial charge in [-0.25, -0.2) is 0 Å². The van der Waals surface area contributed by atoms with Crippen molar-refractivity contribution in [2.24, 2.45) is 11.8 Å². The first-order valence-electron chi connectivity index (χ1n) is 12.0. The Bertz CT molecular complexity index is 1100. The largest absolute Gasteiger partial charge is 1.00 e. The molecule has 0 bridgehead atoms. The zero-order chi connectivity index (χ0) is 22.2. The van der Waals surface area contributed by atoms with Crippen molar-refractivity contribution in [3.05, 3.63) is 100 Å². The van der Waals surface area contributed by atoms with Gasteiger partial charge in [0.1, 0.15) is 0 Å². The van der Waals surface area contributed by atoms with E-state index in [2.05, 4.69) is 107 Å². The maximum absolute atomic E-state index is 2.63. The molecule has 0 amide bonds. The van der Waals surface area contributed by atoms with Crippen LogP contribution < -0.4 is 24.8 Å². The molecule has 0 saturated carbocycles. The number of halogens is 2. The Morgan fingerprint density at radius 2 is 1.12 bits per heavy atom. The van der Waals surface area contributed by atoms with Gasteiger partial charge in [0.15, 0.2) is 0 Å². The van der Waals surface area contributed by atoms with Crippen LogP contribution in [0.25, 0.3) is 17.2 Å². The summed E-state index contributed by atoms with van der Waals surface area (Å²) in [4.78, 5) is 0. The van der Waals surface area contributed by atoms with E-state index in [0.717, 1.165) is 11.8 Å². The summed E-state index contributed by atoms with van der Waals surface area (Å²) in [5, 5.41) is 1.83. The van der Waals surface area contributed by atoms with Crippen LogP contribution in [0.1, 0.15) is 57.2 Å². The normalized spacial score (nSPS) is 15.9. The van der Waals surface area contributed by atoms with Crippen LogP contribution in [-0.2, 0) is 23.2 Å². The van der Waals surface area contributed by atoms with E-state index in [0.29, 0.717) is 7.25 Å². The van der Waals surface area contributed by atoms with Gasteiger partial charge in [0, 0.05) is 0 Å². The molecule has 0 spiro atoms. The number of hydrogen-bond acceptors (Lipinski definition) is 0. The van der Waals surface area contributed by atoms with Crippen LogP contribution in [0.4, 0.5) is 0 Å². The van der Waals surface area contributed by atoms with Gasteiger partial charge in [-0.2, -0.15) is 0 Å². The molecule has 2 aliphatic rings. The van der Waals surface area contributed by atoms with Gasteiger partial charge in [-0.05, 0) is 0 Å². The first kappa shape index (κ1) is 27.9.